The van der Waals surface area contributed by atoms with E-state index >= 15 is 0 Å². The molecule has 94 valence electrons. The van der Waals surface area contributed by atoms with E-state index in [9.17, 15) is 9.59 Å². The fourth-order valence-electron chi connectivity index (χ4n) is 1.25. The molecule has 17 heavy (non-hydrogen) atoms. The van der Waals surface area contributed by atoms with Crippen molar-refractivity contribution in [3.05, 3.63) is 16.5 Å². The van der Waals surface area contributed by atoms with Gasteiger partial charge in [-0.25, -0.2) is 0 Å². The minimum Gasteiger partial charge on any atom is -0.366 e. The summed E-state index contributed by atoms with van der Waals surface area (Å²) in [5, 5.41) is 3.26. The number of nitrogens with one attached hydrogen (secondary N) is 1. The largest absolute Gasteiger partial charge is 0.366 e. The molecule has 2 amide bonds. The van der Waals surface area contributed by atoms with Crippen molar-refractivity contribution in [2.45, 2.75) is 39.5 Å². The van der Waals surface area contributed by atoms with Gasteiger partial charge in [-0.05, 0) is 11.5 Å². The Morgan fingerprint density at radius 1 is 1.41 bits per heavy atom. The van der Waals surface area contributed by atoms with Gasteiger partial charge in [0.05, 0.1) is 5.56 Å². The first-order chi connectivity index (χ1) is 7.75. The van der Waals surface area contributed by atoms with E-state index in [2.05, 4.69) is 26.1 Å². The quantitative estimate of drug-likeness (QED) is 0.869. The summed E-state index contributed by atoms with van der Waals surface area (Å²) in [7, 11) is 0. The maximum absolute atomic E-state index is 11.4. The first-order valence-corrected chi connectivity index (χ1v) is 6.31. The zero-order chi connectivity index (χ0) is 13.2. The fraction of sp³-hybridized carbons (Fsp3) is 0.500. The molecule has 0 bridgehead atoms. The van der Waals surface area contributed by atoms with Crippen LogP contribution < -0.4 is 11.1 Å². The molecule has 0 aromatic carbocycles. The number of hydrogen-bond acceptors (Lipinski definition) is 3. The number of carbonyl (C=O) groups excluding carboxylic acids is 2. The third kappa shape index (κ3) is 3.30. The Morgan fingerprint density at radius 3 is 2.41 bits per heavy atom. The zero-order valence-electron chi connectivity index (χ0n) is 10.6. The molecule has 1 aromatic rings. The highest BCUT2D eigenvalue weighted by atomic mass is 32.1. The second-order valence-corrected chi connectivity index (χ2v) is 5.92. The van der Waals surface area contributed by atoms with Crippen LogP contribution >= 0.6 is 11.3 Å². The van der Waals surface area contributed by atoms with Crippen LogP contribution in [-0.2, 0) is 10.2 Å². The average molecular weight is 254 g/mol. The van der Waals surface area contributed by atoms with Gasteiger partial charge >= 0.3 is 0 Å². The third-order valence-corrected chi connectivity index (χ3v) is 3.79. The van der Waals surface area contributed by atoms with Crippen molar-refractivity contribution in [3.63, 3.8) is 0 Å². The summed E-state index contributed by atoms with van der Waals surface area (Å²) in [5.74, 6) is -0.627. The van der Waals surface area contributed by atoms with Crippen LogP contribution in [0.4, 0.5) is 5.00 Å². The lowest BCUT2D eigenvalue weighted by Gasteiger charge is -2.15. The Bertz CT molecular complexity index is 444. The number of carbonyl (C=O) groups is 2. The molecule has 1 aromatic heterocycles. The number of nitrogens with two attached hydrogens (primary N) is 1. The van der Waals surface area contributed by atoms with Crippen molar-refractivity contribution in [2.24, 2.45) is 5.73 Å². The van der Waals surface area contributed by atoms with Gasteiger partial charge in [0.1, 0.15) is 5.00 Å². The monoisotopic (exact) mass is 254 g/mol. The molecular formula is C12H18N2O2S. The van der Waals surface area contributed by atoms with E-state index in [0.717, 1.165) is 4.88 Å². The Balaban J connectivity index is 3.14. The Hall–Kier alpha value is -1.36. The van der Waals surface area contributed by atoms with Crippen LogP contribution in [0.5, 0.6) is 0 Å². The van der Waals surface area contributed by atoms with Gasteiger partial charge < -0.3 is 11.1 Å². The van der Waals surface area contributed by atoms with E-state index in [1.54, 1.807) is 13.0 Å². The molecule has 0 atom stereocenters. The van der Waals surface area contributed by atoms with Crippen LogP contribution in [0, 0.1) is 0 Å². The summed E-state index contributed by atoms with van der Waals surface area (Å²) in [5.41, 5.74) is 5.63. The first kappa shape index (κ1) is 13.7. The summed E-state index contributed by atoms with van der Waals surface area (Å²) in [6, 6.07) is 1.76. The molecule has 0 fully saturated rings. The summed E-state index contributed by atoms with van der Waals surface area (Å²) < 4.78 is 0. The lowest BCUT2D eigenvalue weighted by Crippen LogP contribution is -2.15. The molecule has 0 saturated heterocycles. The number of rotatable bonds is 3. The van der Waals surface area contributed by atoms with E-state index < -0.39 is 5.91 Å². The highest BCUT2D eigenvalue weighted by Crippen LogP contribution is 2.35. The Labute approximate surface area is 105 Å². The molecule has 0 spiro atoms. The van der Waals surface area contributed by atoms with Crippen molar-refractivity contribution >= 4 is 28.2 Å². The van der Waals surface area contributed by atoms with Crippen LogP contribution in [0.15, 0.2) is 6.07 Å². The van der Waals surface area contributed by atoms with E-state index in [-0.39, 0.29) is 11.3 Å². The standard InChI is InChI=1S/C12H18N2O2S/c1-5-9(15)14-11-7(10(13)16)6-8(17-11)12(2,3)4/h6H,5H2,1-4H3,(H2,13,16)(H,14,15). The van der Waals surface area contributed by atoms with Gasteiger partial charge in [-0.15, -0.1) is 11.3 Å². The van der Waals surface area contributed by atoms with E-state index in [1.165, 1.54) is 11.3 Å². The SMILES string of the molecule is CCC(=O)Nc1sc(C(C)(C)C)cc1C(N)=O. The van der Waals surface area contributed by atoms with Crippen LogP contribution in [0.1, 0.15) is 49.4 Å². The molecule has 0 aliphatic carbocycles. The van der Waals surface area contributed by atoms with Crippen LogP contribution in [0.2, 0.25) is 0 Å². The van der Waals surface area contributed by atoms with Crippen molar-refractivity contribution in [3.8, 4) is 0 Å². The topological polar surface area (TPSA) is 72.2 Å². The molecule has 3 N–H and O–H groups in total. The summed E-state index contributed by atoms with van der Waals surface area (Å²) in [6.07, 6.45) is 0.376. The molecule has 1 rings (SSSR count). The van der Waals surface area contributed by atoms with E-state index in [1.807, 2.05) is 0 Å². The molecule has 0 aliphatic rings. The molecule has 5 heteroatoms. The van der Waals surface area contributed by atoms with E-state index in [4.69, 9.17) is 5.73 Å². The molecule has 0 aliphatic heterocycles. The summed E-state index contributed by atoms with van der Waals surface area (Å²) in [6.45, 7) is 7.91. The number of primary amides is 1. The molecular weight excluding hydrogens is 236 g/mol. The normalized spacial score (nSPS) is 11.3. The van der Waals surface area contributed by atoms with Gasteiger partial charge in [0.25, 0.3) is 5.91 Å². The Morgan fingerprint density at radius 2 is 2.00 bits per heavy atom. The highest BCUT2D eigenvalue weighted by molar-refractivity contribution is 7.16. The minimum absolute atomic E-state index is 0.0654. The number of anilines is 1. The second kappa shape index (κ2) is 4.87. The van der Waals surface area contributed by atoms with Gasteiger partial charge in [-0.2, -0.15) is 0 Å². The lowest BCUT2D eigenvalue weighted by molar-refractivity contribution is -0.115. The minimum atomic E-state index is -0.511. The van der Waals surface area contributed by atoms with Crippen molar-refractivity contribution in [1.29, 1.82) is 0 Å². The number of amides is 2. The molecule has 0 saturated carbocycles. The number of hydrogen-bond donors (Lipinski definition) is 2. The molecule has 1 heterocycles. The van der Waals surface area contributed by atoms with Gasteiger partial charge in [-0.1, -0.05) is 27.7 Å². The van der Waals surface area contributed by atoms with Crippen LogP contribution in [0.3, 0.4) is 0 Å². The predicted octanol–water partition coefficient (Wildman–Crippen LogP) is 2.49. The summed E-state index contributed by atoms with van der Waals surface area (Å²) >= 11 is 1.41. The molecule has 0 radical (unpaired) electrons. The molecule has 4 nitrogen and oxygen atoms in total. The fourth-order valence-corrected chi connectivity index (χ4v) is 2.39. The van der Waals surface area contributed by atoms with Gasteiger partial charge in [0.2, 0.25) is 5.91 Å². The maximum Gasteiger partial charge on any atom is 0.251 e. The Kier molecular flexibility index (Phi) is 3.93. The molecule has 0 unspecified atom stereocenters. The van der Waals surface area contributed by atoms with E-state index in [0.29, 0.717) is 17.0 Å². The predicted molar refractivity (Wildman–Crippen MR) is 70.5 cm³/mol. The van der Waals surface area contributed by atoms with Gasteiger partial charge in [0, 0.05) is 11.3 Å². The lowest BCUT2D eigenvalue weighted by atomic mass is 9.94. The second-order valence-electron chi connectivity index (χ2n) is 4.87. The van der Waals surface area contributed by atoms with Crippen molar-refractivity contribution < 1.29 is 9.59 Å². The van der Waals surface area contributed by atoms with Crippen LogP contribution in [0.25, 0.3) is 0 Å². The highest BCUT2D eigenvalue weighted by Gasteiger charge is 2.22. The summed E-state index contributed by atoms with van der Waals surface area (Å²) in [4.78, 5) is 23.7. The van der Waals surface area contributed by atoms with Crippen molar-refractivity contribution in [1.82, 2.24) is 0 Å². The van der Waals surface area contributed by atoms with Gasteiger partial charge in [-0.3, -0.25) is 9.59 Å². The maximum atomic E-state index is 11.4. The van der Waals surface area contributed by atoms with Crippen molar-refractivity contribution in [2.75, 3.05) is 5.32 Å². The average Bonchev–Trinajstić information content (AvgIpc) is 2.61. The van der Waals surface area contributed by atoms with Gasteiger partial charge in [0.15, 0.2) is 0 Å². The third-order valence-electron chi connectivity index (χ3n) is 2.31. The smallest absolute Gasteiger partial charge is 0.251 e. The number of thiophene rings is 1. The van der Waals surface area contributed by atoms with Crippen LogP contribution in [-0.4, -0.2) is 11.8 Å². The first-order valence-electron chi connectivity index (χ1n) is 5.49. The zero-order valence-corrected chi connectivity index (χ0v) is 11.4.